The molecule has 0 aliphatic heterocycles. The minimum absolute atomic E-state index is 0.0150. The van der Waals surface area contributed by atoms with Gasteiger partial charge in [-0.05, 0) is 36.4 Å². The Labute approximate surface area is 202 Å². The molecule has 0 saturated heterocycles. The van der Waals surface area contributed by atoms with Gasteiger partial charge in [0, 0.05) is 46.5 Å². The normalized spacial score (nSPS) is 11.6. The first-order valence-corrected chi connectivity index (χ1v) is 12.7. The van der Waals surface area contributed by atoms with E-state index in [1.54, 1.807) is 35.0 Å². The predicted molar refractivity (Wildman–Crippen MR) is 131 cm³/mol. The third-order valence-corrected chi connectivity index (χ3v) is 7.48. The third-order valence-electron chi connectivity index (χ3n) is 4.43. The van der Waals surface area contributed by atoms with E-state index in [4.69, 9.17) is 0 Å². The van der Waals surface area contributed by atoms with Crippen molar-refractivity contribution in [2.45, 2.75) is 4.90 Å². The summed E-state index contributed by atoms with van der Waals surface area (Å²) < 4.78 is 27.2. The molecule has 4 rings (SSSR count). The molecular formula is C21H14N6O4S3. The lowest BCUT2D eigenvalue weighted by Crippen LogP contribution is -2.12. The summed E-state index contributed by atoms with van der Waals surface area (Å²) in [4.78, 5) is 18.8. The number of nitro benzene ring substituents is 1. The van der Waals surface area contributed by atoms with Gasteiger partial charge in [0.25, 0.3) is 15.7 Å². The molecule has 34 heavy (non-hydrogen) atoms. The monoisotopic (exact) mass is 510 g/mol. The molecule has 0 aliphatic rings. The van der Waals surface area contributed by atoms with Gasteiger partial charge >= 0.3 is 0 Å². The number of aromatic nitrogens is 2. The van der Waals surface area contributed by atoms with Crippen LogP contribution in [0.3, 0.4) is 0 Å². The van der Waals surface area contributed by atoms with Crippen molar-refractivity contribution in [3.05, 3.63) is 86.8 Å². The van der Waals surface area contributed by atoms with Crippen molar-refractivity contribution in [2.75, 3.05) is 10.0 Å². The summed E-state index contributed by atoms with van der Waals surface area (Å²) in [5, 5.41) is 27.5. The van der Waals surface area contributed by atoms with Crippen LogP contribution in [0, 0.1) is 21.4 Å². The van der Waals surface area contributed by atoms with Gasteiger partial charge in [-0.2, -0.15) is 5.26 Å². The van der Waals surface area contributed by atoms with E-state index >= 15 is 0 Å². The van der Waals surface area contributed by atoms with Gasteiger partial charge in [-0.25, -0.2) is 18.4 Å². The quantitative estimate of drug-likeness (QED) is 0.192. The minimum atomic E-state index is -3.75. The summed E-state index contributed by atoms with van der Waals surface area (Å²) >= 11 is 2.44. The molecule has 0 fully saturated rings. The number of nitrogens with zero attached hydrogens (tertiary/aromatic N) is 4. The van der Waals surface area contributed by atoms with Crippen LogP contribution in [0.25, 0.3) is 16.8 Å². The van der Waals surface area contributed by atoms with Gasteiger partial charge in [0.2, 0.25) is 0 Å². The largest absolute Gasteiger partial charge is 0.360 e. The lowest BCUT2D eigenvalue weighted by atomic mass is 10.1. The first-order chi connectivity index (χ1) is 16.4. The molecule has 13 heteroatoms. The molecule has 0 atom stereocenters. The highest BCUT2D eigenvalue weighted by atomic mass is 32.2. The van der Waals surface area contributed by atoms with Crippen LogP contribution in [0.15, 0.2) is 76.6 Å². The van der Waals surface area contributed by atoms with Gasteiger partial charge in [-0.3, -0.25) is 14.8 Å². The van der Waals surface area contributed by atoms with Crippen LogP contribution >= 0.6 is 22.7 Å². The molecule has 2 heterocycles. The van der Waals surface area contributed by atoms with Crippen molar-refractivity contribution in [3.8, 4) is 17.3 Å². The van der Waals surface area contributed by atoms with E-state index in [2.05, 4.69) is 26.1 Å². The zero-order valence-electron chi connectivity index (χ0n) is 17.1. The molecule has 0 bridgehead atoms. The van der Waals surface area contributed by atoms with Crippen molar-refractivity contribution >= 4 is 54.8 Å². The number of hydrogen-bond acceptors (Lipinski definition) is 10. The number of non-ortho nitro benzene ring substituents is 1. The summed E-state index contributed by atoms with van der Waals surface area (Å²) in [7, 11) is -3.75. The molecule has 0 unspecified atom stereocenters. The van der Waals surface area contributed by atoms with Gasteiger partial charge in [0.05, 0.1) is 15.5 Å². The molecule has 0 radical (unpaired) electrons. The van der Waals surface area contributed by atoms with Crippen molar-refractivity contribution in [3.63, 3.8) is 0 Å². The molecule has 2 aromatic carbocycles. The van der Waals surface area contributed by atoms with Gasteiger partial charge < -0.3 is 5.32 Å². The number of nitrogens with one attached hydrogen (secondary N) is 2. The van der Waals surface area contributed by atoms with Crippen molar-refractivity contribution in [1.82, 2.24) is 9.97 Å². The van der Waals surface area contributed by atoms with Gasteiger partial charge in [-0.1, -0.05) is 0 Å². The SMILES string of the molecule is N#CC(=CNc1ccc(S(=O)(=O)Nc2nccs2)cc1)c1nc(-c2ccc([N+](=O)[O-])cc2)cs1. The molecule has 0 saturated carbocycles. The first-order valence-electron chi connectivity index (χ1n) is 9.45. The predicted octanol–water partition coefficient (Wildman–Crippen LogP) is 4.95. The van der Waals surface area contributed by atoms with Crippen molar-refractivity contribution < 1.29 is 13.3 Å². The molecule has 0 aliphatic carbocycles. The summed E-state index contributed by atoms with van der Waals surface area (Å²) in [5.41, 5.74) is 2.13. The fourth-order valence-electron chi connectivity index (χ4n) is 2.76. The maximum atomic E-state index is 12.4. The van der Waals surface area contributed by atoms with Gasteiger partial charge in [0.1, 0.15) is 16.6 Å². The number of rotatable bonds is 8. The number of sulfonamides is 1. The van der Waals surface area contributed by atoms with E-state index in [9.17, 15) is 23.8 Å². The van der Waals surface area contributed by atoms with E-state index < -0.39 is 14.9 Å². The number of hydrogen-bond donors (Lipinski definition) is 2. The molecule has 10 nitrogen and oxygen atoms in total. The maximum Gasteiger partial charge on any atom is 0.269 e. The van der Waals surface area contributed by atoms with Crippen molar-refractivity contribution in [1.29, 1.82) is 5.26 Å². The topological polar surface area (TPSA) is 151 Å². The lowest BCUT2D eigenvalue weighted by Gasteiger charge is -2.06. The number of benzene rings is 2. The summed E-state index contributed by atoms with van der Waals surface area (Å²) in [5.74, 6) is 0. The molecule has 2 aromatic heterocycles. The highest BCUT2D eigenvalue weighted by Crippen LogP contribution is 2.27. The Morgan fingerprint density at radius 2 is 1.85 bits per heavy atom. The molecule has 0 spiro atoms. The Kier molecular flexibility index (Phi) is 6.64. The highest BCUT2D eigenvalue weighted by Gasteiger charge is 2.15. The second kappa shape index (κ2) is 9.79. The second-order valence-corrected chi connectivity index (χ2v) is 10.1. The van der Waals surface area contributed by atoms with Crippen LogP contribution in [0.4, 0.5) is 16.5 Å². The van der Waals surface area contributed by atoms with Crippen LogP contribution in [-0.4, -0.2) is 23.3 Å². The van der Waals surface area contributed by atoms with Crippen LogP contribution < -0.4 is 10.0 Å². The minimum Gasteiger partial charge on any atom is -0.360 e. The second-order valence-electron chi connectivity index (χ2n) is 6.62. The molecule has 2 N–H and O–H groups in total. The number of nitriles is 1. The molecule has 4 aromatic rings. The van der Waals surface area contributed by atoms with Crippen molar-refractivity contribution in [2.24, 2.45) is 0 Å². The van der Waals surface area contributed by atoms with Crippen LogP contribution in [0.2, 0.25) is 0 Å². The number of nitro groups is 1. The summed E-state index contributed by atoms with van der Waals surface area (Å²) in [6.45, 7) is 0. The zero-order chi connectivity index (χ0) is 24.1. The van der Waals surface area contributed by atoms with Gasteiger partial charge in [-0.15, -0.1) is 22.7 Å². The Bertz CT molecular complexity index is 1490. The molecular weight excluding hydrogens is 496 g/mol. The van der Waals surface area contributed by atoms with Gasteiger partial charge in [0.15, 0.2) is 5.13 Å². The van der Waals surface area contributed by atoms with E-state index in [0.717, 1.165) is 0 Å². The average Bonchev–Trinajstić information content (AvgIpc) is 3.52. The Morgan fingerprint density at radius 3 is 2.47 bits per heavy atom. The standard InChI is InChI=1S/C21H14N6O4S3/c22-11-15(20-25-19(13-33-20)14-1-5-17(6-2-14)27(28)29)12-24-16-3-7-18(8-4-16)34(30,31)26-21-23-9-10-32-21/h1-10,12-13,24H,(H,23,26). The van der Waals surface area contributed by atoms with Crippen LogP contribution in [0.5, 0.6) is 0 Å². The van der Waals surface area contributed by atoms with E-state index in [1.165, 1.54) is 59.3 Å². The number of thiazole rings is 2. The van der Waals surface area contributed by atoms with E-state index in [1.807, 2.05) is 0 Å². The fraction of sp³-hybridized carbons (Fsp3) is 0. The Balaban J connectivity index is 1.46. The highest BCUT2D eigenvalue weighted by molar-refractivity contribution is 7.93. The smallest absolute Gasteiger partial charge is 0.269 e. The van der Waals surface area contributed by atoms with Crippen LogP contribution in [-0.2, 0) is 10.0 Å². The number of allylic oxidation sites excluding steroid dienone is 1. The van der Waals surface area contributed by atoms with E-state index in [-0.39, 0.29) is 21.3 Å². The Morgan fingerprint density at radius 1 is 1.12 bits per heavy atom. The summed E-state index contributed by atoms with van der Waals surface area (Å²) in [6, 6.07) is 14.1. The fourth-order valence-corrected chi connectivity index (χ4v) is 5.34. The van der Waals surface area contributed by atoms with Crippen LogP contribution in [0.1, 0.15) is 5.01 Å². The zero-order valence-corrected chi connectivity index (χ0v) is 19.5. The third kappa shape index (κ3) is 5.26. The maximum absolute atomic E-state index is 12.4. The van der Waals surface area contributed by atoms with E-state index in [0.29, 0.717) is 22.0 Å². The lowest BCUT2D eigenvalue weighted by molar-refractivity contribution is -0.384. The number of anilines is 2. The summed E-state index contributed by atoms with van der Waals surface area (Å²) in [6.07, 6.45) is 2.99. The Hall–Kier alpha value is -4.12. The average molecular weight is 511 g/mol. The molecule has 170 valence electrons. The first kappa shape index (κ1) is 23.1. The molecule has 0 amide bonds.